The van der Waals surface area contributed by atoms with Crippen molar-refractivity contribution in [1.29, 1.82) is 0 Å². The summed E-state index contributed by atoms with van der Waals surface area (Å²) in [5, 5.41) is 0. The van der Waals surface area contributed by atoms with Gasteiger partial charge in [0.15, 0.2) is 0 Å². The molecular formula is C13H13FO. The third kappa shape index (κ3) is 4.36. The Balaban J connectivity index is 2.50. The van der Waals surface area contributed by atoms with Gasteiger partial charge in [0, 0.05) is 0 Å². The number of rotatable bonds is 4. The van der Waals surface area contributed by atoms with Crippen LogP contribution in [-0.4, -0.2) is 6.29 Å². The van der Waals surface area contributed by atoms with E-state index < -0.39 is 0 Å². The molecule has 2 heteroatoms. The van der Waals surface area contributed by atoms with Gasteiger partial charge in [0.25, 0.3) is 0 Å². The lowest BCUT2D eigenvalue weighted by Crippen LogP contribution is -1.81. The Morgan fingerprint density at radius 3 is 2.60 bits per heavy atom. The Bertz CT molecular complexity index is 374. The lowest BCUT2D eigenvalue weighted by molar-refractivity contribution is -0.104. The van der Waals surface area contributed by atoms with Crippen molar-refractivity contribution in [1.82, 2.24) is 0 Å². The Kier molecular flexibility index (Phi) is 4.48. The van der Waals surface area contributed by atoms with Crippen molar-refractivity contribution >= 4 is 6.29 Å². The molecule has 0 unspecified atom stereocenters. The number of benzene rings is 1. The van der Waals surface area contributed by atoms with Crippen LogP contribution in [0, 0.1) is 5.82 Å². The summed E-state index contributed by atoms with van der Waals surface area (Å²) in [6.45, 7) is 1.75. The third-order valence-corrected chi connectivity index (χ3v) is 1.95. The molecule has 15 heavy (non-hydrogen) atoms. The van der Waals surface area contributed by atoms with E-state index in [-0.39, 0.29) is 5.82 Å². The number of aldehydes is 1. The van der Waals surface area contributed by atoms with Gasteiger partial charge in [0.2, 0.25) is 0 Å². The fraction of sp³-hybridized carbons (Fsp3) is 0.154. The van der Waals surface area contributed by atoms with Crippen LogP contribution in [0.2, 0.25) is 0 Å². The van der Waals surface area contributed by atoms with E-state index in [0.717, 1.165) is 18.3 Å². The van der Waals surface area contributed by atoms with Gasteiger partial charge in [-0.15, -0.1) is 0 Å². The SMILES string of the molecule is CC(C=O)=CC=CCc1ccc(F)cc1. The van der Waals surface area contributed by atoms with Gasteiger partial charge >= 0.3 is 0 Å². The summed E-state index contributed by atoms with van der Waals surface area (Å²) in [6.07, 6.45) is 7.05. The second kappa shape index (κ2) is 5.91. The van der Waals surface area contributed by atoms with Gasteiger partial charge in [-0.2, -0.15) is 0 Å². The lowest BCUT2D eigenvalue weighted by atomic mass is 10.1. The van der Waals surface area contributed by atoms with E-state index in [4.69, 9.17) is 0 Å². The number of hydrogen-bond acceptors (Lipinski definition) is 1. The topological polar surface area (TPSA) is 17.1 Å². The molecule has 0 radical (unpaired) electrons. The largest absolute Gasteiger partial charge is 0.298 e. The quantitative estimate of drug-likeness (QED) is 0.418. The summed E-state index contributed by atoms with van der Waals surface area (Å²) in [4.78, 5) is 10.3. The Morgan fingerprint density at radius 2 is 2.00 bits per heavy atom. The first kappa shape index (κ1) is 11.4. The van der Waals surface area contributed by atoms with Gasteiger partial charge in [0.05, 0.1) is 0 Å². The molecule has 0 aliphatic heterocycles. The van der Waals surface area contributed by atoms with Crippen molar-refractivity contribution in [2.45, 2.75) is 13.3 Å². The van der Waals surface area contributed by atoms with E-state index in [2.05, 4.69) is 0 Å². The molecule has 0 fully saturated rings. The minimum atomic E-state index is -0.223. The van der Waals surface area contributed by atoms with Crippen LogP contribution in [0.3, 0.4) is 0 Å². The highest BCUT2D eigenvalue weighted by molar-refractivity contribution is 5.72. The van der Waals surface area contributed by atoms with Gasteiger partial charge in [0.1, 0.15) is 12.1 Å². The smallest absolute Gasteiger partial charge is 0.145 e. The fourth-order valence-corrected chi connectivity index (χ4v) is 1.08. The summed E-state index contributed by atoms with van der Waals surface area (Å²) in [5.41, 5.74) is 1.73. The third-order valence-electron chi connectivity index (χ3n) is 1.95. The molecule has 1 nitrogen and oxygen atoms in total. The first-order valence-corrected chi connectivity index (χ1v) is 4.75. The number of carbonyl (C=O) groups is 1. The second-order valence-electron chi connectivity index (χ2n) is 3.29. The fourth-order valence-electron chi connectivity index (χ4n) is 1.08. The minimum Gasteiger partial charge on any atom is -0.298 e. The molecule has 0 N–H and O–H groups in total. The van der Waals surface area contributed by atoms with E-state index in [1.54, 1.807) is 25.1 Å². The predicted molar refractivity (Wildman–Crippen MR) is 59.1 cm³/mol. The van der Waals surface area contributed by atoms with Crippen molar-refractivity contribution < 1.29 is 9.18 Å². The van der Waals surface area contributed by atoms with Crippen LogP contribution in [-0.2, 0) is 11.2 Å². The van der Waals surface area contributed by atoms with Crippen LogP contribution >= 0.6 is 0 Å². The molecule has 1 rings (SSSR count). The van der Waals surface area contributed by atoms with E-state index in [1.165, 1.54) is 12.1 Å². The van der Waals surface area contributed by atoms with Crippen molar-refractivity contribution in [3.8, 4) is 0 Å². The van der Waals surface area contributed by atoms with Crippen molar-refractivity contribution in [2.75, 3.05) is 0 Å². The van der Waals surface area contributed by atoms with Crippen LogP contribution in [0.15, 0.2) is 48.1 Å². The van der Waals surface area contributed by atoms with Crippen molar-refractivity contribution in [2.24, 2.45) is 0 Å². The maximum Gasteiger partial charge on any atom is 0.145 e. The summed E-state index contributed by atoms with van der Waals surface area (Å²) in [7, 11) is 0. The maximum absolute atomic E-state index is 12.6. The zero-order valence-electron chi connectivity index (χ0n) is 8.61. The highest BCUT2D eigenvalue weighted by Gasteiger charge is 1.90. The molecule has 0 aromatic heterocycles. The van der Waals surface area contributed by atoms with Gasteiger partial charge in [-0.1, -0.05) is 30.4 Å². The molecule has 0 bridgehead atoms. The minimum absolute atomic E-state index is 0.223. The molecule has 1 aromatic carbocycles. The normalized spacial score (nSPS) is 12.0. The number of carbonyl (C=O) groups excluding carboxylic acids is 1. The van der Waals surface area contributed by atoms with E-state index in [1.807, 2.05) is 12.2 Å². The monoisotopic (exact) mass is 204 g/mol. The Labute approximate surface area is 88.9 Å². The molecule has 0 saturated carbocycles. The predicted octanol–water partition coefficient (Wildman–Crippen LogP) is 3.07. The molecule has 0 spiro atoms. The summed E-state index contributed by atoms with van der Waals surface area (Å²) >= 11 is 0. The molecule has 0 aliphatic carbocycles. The van der Waals surface area contributed by atoms with Crippen LogP contribution in [0.1, 0.15) is 12.5 Å². The first-order chi connectivity index (χ1) is 7.22. The first-order valence-electron chi connectivity index (χ1n) is 4.75. The van der Waals surface area contributed by atoms with Gasteiger partial charge < -0.3 is 0 Å². The van der Waals surface area contributed by atoms with Crippen molar-refractivity contribution in [3.63, 3.8) is 0 Å². The maximum atomic E-state index is 12.6. The number of hydrogen-bond donors (Lipinski definition) is 0. The standard InChI is InChI=1S/C13H13FO/c1-11(10-15)4-2-3-5-12-6-8-13(14)9-7-12/h2-4,6-10H,5H2,1H3. The number of halogens is 1. The molecule has 1 aromatic rings. The molecule has 0 saturated heterocycles. The summed E-state index contributed by atoms with van der Waals surface area (Å²) < 4.78 is 12.6. The number of allylic oxidation sites excluding steroid dienone is 4. The van der Waals surface area contributed by atoms with Gasteiger partial charge in [-0.05, 0) is 36.6 Å². The van der Waals surface area contributed by atoms with Crippen LogP contribution in [0.25, 0.3) is 0 Å². The summed E-state index contributed by atoms with van der Waals surface area (Å²) in [5.74, 6) is -0.223. The molecular weight excluding hydrogens is 191 g/mol. The highest BCUT2D eigenvalue weighted by Crippen LogP contribution is 2.04. The molecule has 0 atom stereocenters. The molecule has 0 amide bonds. The van der Waals surface area contributed by atoms with E-state index in [9.17, 15) is 9.18 Å². The summed E-state index contributed by atoms with van der Waals surface area (Å²) in [6, 6.07) is 6.37. The highest BCUT2D eigenvalue weighted by atomic mass is 19.1. The average Bonchev–Trinajstić information content (AvgIpc) is 2.26. The average molecular weight is 204 g/mol. The Morgan fingerprint density at radius 1 is 1.33 bits per heavy atom. The zero-order chi connectivity index (χ0) is 11.1. The van der Waals surface area contributed by atoms with Crippen molar-refractivity contribution in [3.05, 3.63) is 59.4 Å². The zero-order valence-corrected chi connectivity index (χ0v) is 8.61. The van der Waals surface area contributed by atoms with Gasteiger partial charge in [-0.25, -0.2) is 4.39 Å². The van der Waals surface area contributed by atoms with Crippen LogP contribution < -0.4 is 0 Å². The van der Waals surface area contributed by atoms with Crippen LogP contribution in [0.5, 0.6) is 0 Å². The van der Waals surface area contributed by atoms with E-state index >= 15 is 0 Å². The molecule has 0 aliphatic rings. The molecule has 0 heterocycles. The second-order valence-corrected chi connectivity index (χ2v) is 3.29. The molecule has 78 valence electrons. The Hall–Kier alpha value is -1.70. The van der Waals surface area contributed by atoms with Gasteiger partial charge in [-0.3, -0.25) is 4.79 Å². The van der Waals surface area contributed by atoms with Crippen LogP contribution in [0.4, 0.5) is 4.39 Å². The van der Waals surface area contributed by atoms with E-state index in [0.29, 0.717) is 5.57 Å². The lowest BCUT2D eigenvalue weighted by Gasteiger charge is -1.94.